The predicted molar refractivity (Wildman–Crippen MR) is 154 cm³/mol. The molecule has 40 heavy (non-hydrogen) atoms. The maximum Gasteiger partial charge on any atom is 0.338 e. The van der Waals surface area contributed by atoms with Crippen LogP contribution in [0, 0.1) is 5.82 Å². The Balaban J connectivity index is 1.43. The zero-order chi connectivity index (χ0) is 28.2. The Morgan fingerprint density at radius 1 is 1.07 bits per heavy atom. The monoisotopic (exact) mass is 578 g/mol. The first-order chi connectivity index (χ1) is 19.3. The maximum atomic E-state index is 14.2. The molecule has 1 aliphatic heterocycles. The Labute approximate surface area is 241 Å². The molecule has 10 heteroatoms. The Morgan fingerprint density at radius 3 is 2.48 bits per heavy atom. The number of hydrogen-bond acceptors (Lipinski definition) is 7. The van der Waals surface area contributed by atoms with E-state index in [1.54, 1.807) is 22.9 Å². The summed E-state index contributed by atoms with van der Waals surface area (Å²) >= 11 is 7.58. The normalized spacial score (nSPS) is 14.6. The number of benzene rings is 3. The number of nitrogens with zero attached hydrogens (tertiary/aromatic N) is 3. The van der Waals surface area contributed by atoms with E-state index in [2.05, 4.69) is 10.3 Å². The third kappa shape index (κ3) is 6.16. The number of carbonyl (C=O) groups excluding carboxylic acids is 1. The van der Waals surface area contributed by atoms with Gasteiger partial charge in [0.15, 0.2) is 0 Å². The summed E-state index contributed by atoms with van der Waals surface area (Å²) in [4.78, 5) is 17.9. The van der Waals surface area contributed by atoms with Gasteiger partial charge in [-0.3, -0.25) is 0 Å². The fraction of sp³-hybridized carbons (Fsp3) is 0.233. The van der Waals surface area contributed by atoms with Crippen LogP contribution in [0.25, 0.3) is 0 Å². The topological polar surface area (TPSA) is 78.3 Å². The fourth-order valence-corrected chi connectivity index (χ4v) is 5.33. The van der Waals surface area contributed by atoms with E-state index in [-0.39, 0.29) is 11.9 Å². The number of rotatable bonds is 9. The minimum Gasteiger partial charge on any atom is -0.489 e. The molecule has 5 rings (SSSR count). The molecule has 0 saturated heterocycles. The van der Waals surface area contributed by atoms with Crippen LogP contribution in [0.15, 0.2) is 89.2 Å². The van der Waals surface area contributed by atoms with Crippen molar-refractivity contribution >= 4 is 35.3 Å². The molecule has 1 aliphatic rings. The number of esters is 1. The molecule has 0 spiro atoms. The van der Waals surface area contributed by atoms with Crippen LogP contribution >= 0.6 is 23.4 Å². The van der Waals surface area contributed by atoms with Crippen molar-refractivity contribution in [1.29, 1.82) is 0 Å². The molecule has 1 unspecified atom stereocenters. The molecule has 0 fully saturated rings. The lowest BCUT2D eigenvalue weighted by molar-refractivity contribution is -0.143. The van der Waals surface area contributed by atoms with Crippen LogP contribution in [0.4, 0.5) is 10.3 Å². The second-order valence-corrected chi connectivity index (χ2v) is 10.9. The summed E-state index contributed by atoms with van der Waals surface area (Å²) in [5.41, 5.74) is 3.31. The van der Waals surface area contributed by atoms with E-state index in [9.17, 15) is 9.18 Å². The van der Waals surface area contributed by atoms with Crippen molar-refractivity contribution in [3.8, 4) is 5.75 Å². The van der Waals surface area contributed by atoms with E-state index in [0.29, 0.717) is 51.1 Å². The summed E-state index contributed by atoms with van der Waals surface area (Å²) in [6.07, 6.45) is -0.293. The van der Waals surface area contributed by atoms with Crippen molar-refractivity contribution < 1.29 is 18.7 Å². The number of fused-ring (bicyclic) bond motifs is 1. The first-order valence-corrected chi connectivity index (χ1v) is 14.1. The van der Waals surface area contributed by atoms with Gasteiger partial charge in [0.05, 0.1) is 11.7 Å². The van der Waals surface area contributed by atoms with Crippen LogP contribution in [0.1, 0.15) is 43.5 Å². The van der Waals surface area contributed by atoms with Gasteiger partial charge >= 0.3 is 5.97 Å². The molecule has 0 bridgehead atoms. The fourth-order valence-electron chi connectivity index (χ4n) is 4.32. The molecule has 0 amide bonds. The third-order valence-electron chi connectivity index (χ3n) is 6.26. The van der Waals surface area contributed by atoms with Gasteiger partial charge in [0.2, 0.25) is 11.1 Å². The summed E-state index contributed by atoms with van der Waals surface area (Å²) in [7, 11) is 0. The predicted octanol–water partition coefficient (Wildman–Crippen LogP) is 7.18. The number of carbonyl (C=O) groups is 1. The highest BCUT2D eigenvalue weighted by Crippen LogP contribution is 2.38. The lowest BCUT2D eigenvalue weighted by atomic mass is 9.95. The molecule has 3 aromatic carbocycles. The van der Waals surface area contributed by atoms with Gasteiger partial charge in [0.25, 0.3) is 0 Å². The van der Waals surface area contributed by atoms with Crippen molar-refractivity contribution in [2.24, 2.45) is 0 Å². The molecular weight excluding hydrogens is 551 g/mol. The van der Waals surface area contributed by atoms with Gasteiger partial charge in [0, 0.05) is 22.0 Å². The molecule has 4 aromatic rings. The molecule has 0 aliphatic carbocycles. The van der Waals surface area contributed by atoms with Crippen LogP contribution in [0.2, 0.25) is 5.02 Å². The smallest absolute Gasteiger partial charge is 0.338 e. The number of allylic oxidation sites excluding steroid dienone is 1. The summed E-state index contributed by atoms with van der Waals surface area (Å²) in [6, 6.07) is 21.0. The van der Waals surface area contributed by atoms with Crippen molar-refractivity contribution in [2.45, 2.75) is 50.4 Å². The van der Waals surface area contributed by atoms with Crippen LogP contribution in [-0.4, -0.2) is 26.8 Å². The van der Waals surface area contributed by atoms with Gasteiger partial charge in [-0.15, -0.1) is 5.10 Å². The number of ether oxygens (including phenoxy) is 2. The number of anilines is 1. The Bertz CT molecular complexity index is 1550. The summed E-state index contributed by atoms with van der Waals surface area (Å²) in [6.45, 7) is 5.76. The first kappa shape index (κ1) is 27.7. The molecule has 2 heterocycles. The quantitative estimate of drug-likeness (QED) is 0.166. The van der Waals surface area contributed by atoms with E-state index in [4.69, 9.17) is 26.2 Å². The van der Waals surface area contributed by atoms with Gasteiger partial charge in [-0.05, 0) is 56.2 Å². The van der Waals surface area contributed by atoms with Crippen molar-refractivity contribution in [1.82, 2.24) is 14.8 Å². The molecule has 1 N–H and O–H groups in total. The average Bonchev–Trinajstić information content (AvgIpc) is 3.33. The molecule has 0 radical (unpaired) electrons. The highest BCUT2D eigenvalue weighted by Gasteiger charge is 2.35. The summed E-state index contributed by atoms with van der Waals surface area (Å²) in [5.74, 6) is 0.796. The second kappa shape index (κ2) is 12.1. The van der Waals surface area contributed by atoms with Crippen LogP contribution < -0.4 is 10.1 Å². The molecule has 1 aromatic heterocycles. The van der Waals surface area contributed by atoms with Gasteiger partial charge in [-0.25, -0.2) is 13.9 Å². The lowest BCUT2D eigenvalue weighted by Gasteiger charge is -2.28. The lowest BCUT2D eigenvalue weighted by Crippen LogP contribution is -2.30. The van der Waals surface area contributed by atoms with E-state index in [1.165, 1.54) is 17.8 Å². The highest BCUT2D eigenvalue weighted by atomic mass is 35.5. The van der Waals surface area contributed by atoms with Gasteiger partial charge in [0.1, 0.15) is 24.2 Å². The zero-order valence-corrected chi connectivity index (χ0v) is 23.8. The molecular formula is C30H28ClFN4O3S. The number of hydrogen-bond donors (Lipinski definition) is 1. The van der Waals surface area contributed by atoms with Crippen LogP contribution in [-0.2, 0) is 21.9 Å². The Hall–Kier alpha value is -3.82. The zero-order valence-electron chi connectivity index (χ0n) is 22.2. The average molecular weight is 579 g/mol. The van der Waals surface area contributed by atoms with Gasteiger partial charge in [-0.2, -0.15) is 4.98 Å². The standard InChI is InChI=1S/C30H28ClFN4O3S/c1-18(2)39-28(37)26-19(3)33-29-34-30(40-17-22-9-5-7-11-25(22)32)35-36(29)27(26)20-12-14-23(15-13-20)38-16-21-8-4-6-10-24(21)31/h4-15,18,27H,16-17H2,1-3H3,(H,33,34,35). The Kier molecular flexibility index (Phi) is 8.42. The van der Waals surface area contributed by atoms with E-state index in [0.717, 1.165) is 11.1 Å². The van der Waals surface area contributed by atoms with Gasteiger partial charge in [-0.1, -0.05) is 71.9 Å². The SMILES string of the molecule is CC1=C(C(=O)OC(C)C)C(c2ccc(OCc3ccccc3Cl)cc2)n2nc(SCc3ccccc3F)nc2N1. The van der Waals surface area contributed by atoms with E-state index in [1.807, 2.05) is 69.3 Å². The molecule has 206 valence electrons. The third-order valence-corrected chi connectivity index (χ3v) is 7.51. The van der Waals surface area contributed by atoms with Crippen LogP contribution in [0.3, 0.4) is 0 Å². The first-order valence-electron chi connectivity index (χ1n) is 12.8. The molecule has 1 atom stereocenters. The van der Waals surface area contributed by atoms with E-state index >= 15 is 0 Å². The van der Waals surface area contributed by atoms with Crippen molar-refractivity contribution in [3.63, 3.8) is 0 Å². The molecule has 0 saturated carbocycles. The second-order valence-electron chi connectivity index (χ2n) is 9.51. The largest absolute Gasteiger partial charge is 0.489 e. The molecule has 7 nitrogen and oxygen atoms in total. The highest BCUT2D eigenvalue weighted by molar-refractivity contribution is 7.98. The number of nitrogens with one attached hydrogen (secondary N) is 1. The van der Waals surface area contributed by atoms with Gasteiger partial charge < -0.3 is 14.8 Å². The minimum atomic E-state index is -0.588. The number of halogens is 2. The summed E-state index contributed by atoms with van der Waals surface area (Å²) < 4.78 is 27.4. The minimum absolute atomic E-state index is 0.275. The Morgan fingerprint density at radius 2 is 1.77 bits per heavy atom. The summed E-state index contributed by atoms with van der Waals surface area (Å²) in [5, 5.41) is 9.00. The van der Waals surface area contributed by atoms with E-state index < -0.39 is 12.0 Å². The van der Waals surface area contributed by atoms with Crippen molar-refractivity contribution in [2.75, 3.05) is 5.32 Å². The maximum absolute atomic E-state index is 14.2. The van der Waals surface area contributed by atoms with Crippen molar-refractivity contribution in [3.05, 3.63) is 112 Å². The number of aromatic nitrogens is 3. The number of thioether (sulfide) groups is 1. The van der Waals surface area contributed by atoms with Crippen LogP contribution in [0.5, 0.6) is 5.75 Å².